The number of benzene rings is 1. The van der Waals surface area contributed by atoms with Gasteiger partial charge in [-0.05, 0) is 43.0 Å². The summed E-state index contributed by atoms with van der Waals surface area (Å²) in [6.07, 6.45) is 2.30. The zero-order valence-corrected chi connectivity index (χ0v) is 11.5. The van der Waals surface area contributed by atoms with Gasteiger partial charge in [-0.15, -0.1) is 0 Å². The molecule has 1 aliphatic rings. The van der Waals surface area contributed by atoms with Gasteiger partial charge in [0.25, 0.3) is 0 Å². The topological polar surface area (TPSA) is 32.7 Å². The number of rotatable bonds is 4. The summed E-state index contributed by atoms with van der Waals surface area (Å²) in [6, 6.07) is 5.92. The summed E-state index contributed by atoms with van der Waals surface area (Å²) in [4.78, 5) is 2.38. The van der Waals surface area contributed by atoms with E-state index in [0.29, 0.717) is 23.3 Å². The molecule has 1 unspecified atom stereocenters. The molecule has 0 aromatic heterocycles. The average molecular weight is 270 g/mol. The van der Waals surface area contributed by atoms with Crippen LogP contribution in [0.15, 0.2) is 18.2 Å². The molecule has 0 amide bonds. The highest BCUT2D eigenvalue weighted by Crippen LogP contribution is 2.26. The van der Waals surface area contributed by atoms with Gasteiger partial charge in [-0.3, -0.25) is 4.90 Å². The van der Waals surface area contributed by atoms with Gasteiger partial charge in [-0.2, -0.15) is 0 Å². The maximum Gasteiger partial charge on any atom is 0.137 e. The van der Waals surface area contributed by atoms with Crippen molar-refractivity contribution in [2.24, 2.45) is 5.92 Å². The second-order valence-corrected chi connectivity index (χ2v) is 5.30. The maximum absolute atomic E-state index is 9.22. The SMILES string of the molecule is COc1ccc(CN2CCCC(CO)C2)cc1Cl. The van der Waals surface area contributed by atoms with Crippen molar-refractivity contribution in [2.75, 3.05) is 26.8 Å². The van der Waals surface area contributed by atoms with E-state index < -0.39 is 0 Å². The van der Waals surface area contributed by atoms with Crippen LogP contribution in [0.5, 0.6) is 5.75 Å². The van der Waals surface area contributed by atoms with Gasteiger partial charge in [-0.1, -0.05) is 17.7 Å². The molecule has 4 heteroatoms. The molecule has 1 atom stereocenters. The van der Waals surface area contributed by atoms with Crippen LogP contribution >= 0.6 is 11.6 Å². The van der Waals surface area contributed by atoms with Crippen molar-refractivity contribution in [3.63, 3.8) is 0 Å². The lowest BCUT2D eigenvalue weighted by atomic mass is 9.98. The van der Waals surface area contributed by atoms with Crippen LogP contribution in [-0.2, 0) is 6.54 Å². The quantitative estimate of drug-likeness (QED) is 0.912. The Morgan fingerprint density at radius 1 is 1.50 bits per heavy atom. The summed E-state index contributed by atoms with van der Waals surface area (Å²) in [5.41, 5.74) is 1.19. The first kappa shape index (κ1) is 13.7. The summed E-state index contributed by atoms with van der Waals surface area (Å²) in [6.45, 7) is 3.25. The highest BCUT2D eigenvalue weighted by atomic mass is 35.5. The number of likely N-dealkylation sites (tertiary alicyclic amines) is 1. The van der Waals surface area contributed by atoms with Crippen molar-refractivity contribution in [3.8, 4) is 5.75 Å². The van der Waals surface area contributed by atoms with Crippen LogP contribution in [0, 0.1) is 5.92 Å². The number of aliphatic hydroxyl groups excluding tert-OH is 1. The monoisotopic (exact) mass is 269 g/mol. The number of halogens is 1. The molecule has 1 aromatic carbocycles. The summed E-state index contributed by atoms with van der Waals surface area (Å²) in [5.74, 6) is 1.14. The third-order valence-corrected chi connectivity index (χ3v) is 3.78. The van der Waals surface area contributed by atoms with E-state index in [1.165, 1.54) is 5.56 Å². The largest absolute Gasteiger partial charge is 0.495 e. The fraction of sp³-hybridized carbons (Fsp3) is 0.571. The van der Waals surface area contributed by atoms with Crippen molar-refractivity contribution in [3.05, 3.63) is 28.8 Å². The Labute approximate surface area is 113 Å². The number of piperidine rings is 1. The summed E-state index contributed by atoms with van der Waals surface area (Å²) < 4.78 is 5.15. The fourth-order valence-electron chi connectivity index (χ4n) is 2.51. The van der Waals surface area contributed by atoms with Gasteiger partial charge in [0.15, 0.2) is 0 Å². The van der Waals surface area contributed by atoms with E-state index in [9.17, 15) is 5.11 Å². The predicted octanol–water partition coefficient (Wildman–Crippen LogP) is 2.55. The van der Waals surface area contributed by atoms with Gasteiger partial charge in [0, 0.05) is 19.7 Å². The van der Waals surface area contributed by atoms with E-state index in [4.69, 9.17) is 16.3 Å². The van der Waals surface area contributed by atoms with E-state index in [-0.39, 0.29) is 0 Å². The summed E-state index contributed by atoms with van der Waals surface area (Å²) in [5, 5.41) is 9.88. The fourth-order valence-corrected chi connectivity index (χ4v) is 2.79. The Balaban J connectivity index is 1.98. The molecular formula is C14H20ClNO2. The van der Waals surface area contributed by atoms with Crippen molar-refractivity contribution >= 4 is 11.6 Å². The van der Waals surface area contributed by atoms with Crippen LogP contribution in [0.25, 0.3) is 0 Å². The first-order valence-electron chi connectivity index (χ1n) is 6.38. The Morgan fingerprint density at radius 3 is 3.00 bits per heavy atom. The van der Waals surface area contributed by atoms with Gasteiger partial charge < -0.3 is 9.84 Å². The number of ether oxygens (including phenoxy) is 1. The minimum absolute atomic E-state index is 0.292. The molecule has 1 fully saturated rings. The first-order chi connectivity index (χ1) is 8.72. The lowest BCUT2D eigenvalue weighted by molar-refractivity contribution is 0.116. The van der Waals surface area contributed by atoms with E-state index >= 15 is 0 Å². The minimum atomic E-state index is 0.292. The van der Waals surface area contributed by atoms with Crippen molar-refractivity contribution in [2.45, 2.75) is 19.4 Å². The molecule has 3 nitrogen and oxygen atoms in total. The van der Waals surface area contributed by atoms with Crippen LogP contribution in [0.4, 0.5) is 0 Å². The molecule has 2 rings (SSSR count). The predicted molar refractivity (Wildman–Crippen MR) is 73.1 cm³/mol. The van der Waals surface area contributed by atoms with E-state index in [2.05, 4.69) is 4.90 Å². The molecule has 0 spiro atoms. The zero-order chi connectivity index (χ0) is 13.0. The number of hydrogen-bond acceptors (Lipinski definition) is 3. The molecule has 1 aliphatic heterocycles. The number of hydrogen-bond donors (Lipinski definition) is 1. The third kappa shape index (κ3) is 3.37. The third-order valence-electron chi connectivity index (χ3n) is 3.48. The van der Waals surface area contributed by atoms with Crippen LogP contribution in [0.2, 0.25) is 5.02 Å². The standard InChI is InChI=1S/C14H20ClNO2/c1-18-14-5-4-11(7-13(14)15)8-16-6-2-3-12(9-16)10-17/h4-5,7,12,17H,2-3,6,8-10H2,1H3. The van der Waals surface area contributed by atoms with Gasteiger partial charge >= 0.3 is 0 Å². The Bertz CT molecular complexity index is 397. The van der Waals surface area contributed by atoms with Crippen molar-refractivity contribution < 1.29 is 9.84 Å². The first-order valence-corrected chi connectivity index (χ1v) is 6.76. The summed E-state index contributed by atoms with van der Waals surface area (Å²) in [7, 11) is 1.62. The van der Waals surface area contributed by atoms with E-state index in [1.54, 1.807) is 7.11 Å². The van der Waals surface area contributed by atoms with Crippen LogP contribution in [0.1, 0.15) is 18.4 Å². The van der Waals surface area contributed by atoms with Crippen molar-refractivity contribution in [1.82, 2.24) is 4.90 Å². The highest BCUT2D eigenvalue weighted by molar-refractivity contribution is 6.32. The smallest absolute Gasteiger partial charge is 0.137 e. The zero-order valence-electron chi connectivity index (χ0n) is 10.7. The molecule has 0 bridgehead atoms. The van der Waals surface area contributed by atoms with Gasteiger partial charge in [0.2, 0.25) is 0 Å². The number of methoxy groups -OCH3 is 1. The summed E-state index contributed by atoms with van der Waals surface area (Å²) >= 11 is 6.12. The molecule has 1 heterocycles. The van der Waals surface area contributed by atoms with Crippen molar-refractivity contribution in [1.29, 1.82) is 0 Å². The maximum atomic E-state index is 9.22. The van der Waals surface area contributed by atoms with Crippen LogP contribution in [0.3, 0.4) is 0 Å². The van der Waals surface area contributed by atoms with E-state index in [0.717, 1.165) is 32.5 Å². The van der Waals surface area contributed by atoms with Crippen LogP contribution < -0.4 is 4.74 Å². The highest BCUT2D eigenvalue weighted by Gasteiger charge is 2.19. The average Bonchev–Trinajstić information content (AvgIpc) is 2.39. The molecule has 0 saturated carbocycles. The lowest BCUT2D eigenvalue weighted by Gasteiger charge is -2.31. The number of aliphatic hydroxyl groups is 1. The molecule has 0 radical (unpaired) electrons. The molecule has 100 valence electrons. The Hall–Kier alpha value is -0.770. The Kier molecular flexibility index (Phi) is 4.87. The molecule has 1 saturated heterocycles. The van der Waals surface area contributed by atoms with Crippen LogP contribution in [-0.4, -0.2) is 36.8 Å². The second-order valence-electron chi connectivity index (χ2n) is 4.89. The molecule has 1 N–H and O–H groups in total. The molecule has 1 aromatic rings. The van der Waals surface area contributed by atoms with Gasteiger partial charge in [0.05, 0.1) is 12.1 Å². The molecule has 0 aliphatic carbocycles. The molecule has 18 heavy (non-hydrogen) atoms. The Morgan fingerprint density at radius 2 is 2.33 bits per heavy atom. The number of nitrogens with zero attached hydrogens (tertiary/aromatic N) is 1. The molecular weight excluding hydrogens is 250 g/mol. The normalized spacial score (nSPS) is 20.9. The van der Waals surface area contributed by atoms with E-state index in [1.807, 2.05) is 18.2 Å². The second kappa shape index (κ2) is 6.41. The lowest BCUT2D eigenvalue weighted by Crippen LogP contribution is -2.36. The van der Waals surface area contributed by atoms with Gasteiger partial charge in [0.1, 0.15) is 5.75 Å². The minimum Gasteiger partial charge on any atom is -0.495 e. The van der Waals surface area contributed by atoms with Gasteiger partial charge in [-0.25, -0.2) is 0 Å².